The van der Waals surface area contributed by atoms with Crippen LogP contribution in [0.2, 0.25) is 0 Å². The first-order valence-electron chi connectivity index (χ1n) is 8.43. The third kappa shape index (κ3) is 4.52. The highest BCUT2D eigenvalue weighted by Gasteiger charge is 2.30. The fraction of sp³-hybridized carbons (Fsp3) is 0.0500. The first-order valence-corrected chi connectivity index (χ1v) is 8.43. The van der Waals surface area contributed by atoms with Crippen LogP contribution in [0.3, 0.4) is 0 Å². The van der Waals surface area contributed by atoms with Gasteiger partial charge in [-0.1, -0.05) is 17.2 Å². The van der Waals surface area contributed by atoms with E-state index in [1.807, 2.05) is 0 Å². The van der Waals surface area contributed by atoms with Crippen molar-refractivity contribution in [2.75, 3.05) is 5.32 Å². The fourth-order valence-corrected chi connectivity index (χ4v) is 2.52. The van der Waals surface area contributed by atoms with Crippen LogP contribution in [0.5, 0.6) is 11.5 Å². The molecule has 0 spiro atoms. The Morgan fingerprint density at radius 1 is 0.862 bits per heavy atom. The highest BCUT2D eigenvalue weighted by molar-refractivity contribution is 5.59. The summed E-state index contributed by atoms with van der Waals surface area (Å²) in [5.74, 6) is 1.37. The van der Waals surface area contributed by atoms with E-state index in [9.17, 15) is 13.2 Å². The highest BCUT2D eigenvalue weighted by Crippen LogP contribution is 2.32. The normalized spacial score (nSPS) is 11.3. The number of hydrogen-bond acceptors (Lipinski definition) is 6. The molecule has 2 aromatic carbocycles. The molecule has 0 fully saturated rings. The van der Waals surface area contributed by atoms with Gasteiger partial charge in [-0.3, -0.25) is 4.98 Å². The standard InChI is InChI=1S/C20H13F3N4O2/c21-20(22,23)14-4-2-5-15(12-14)25-19-27-26-18(29-19)13-3-1-6-17(11-13)28-16-7-9-24-10-8-16/h1-12H,(H,25,27). The average Bonchev–Trinajstić information content (AvgIpc) is 3.17. The molecule has 4 rings (SSSR count). The van der Waals surface area contributed by atoms with Gasteiger partial charge in [-0.2, -0.15) is 13.2 Å². The van der Waals surface area contributed by atoms with Crippen molar-refractivity contribution in [3.8, 4) is 23.0 Å². The molecule has 146 valence electrons. The van der Waals surface area contributed by atoms with Crippen LogP contribution in [-0.2, 0) is 6.18 Å². The molecule has 0 amide bonds. The lowest BCUT2D eigenvalue weighted by Crippen LogP contribution is -2.05. The Morgan fingerprint density at radius 3 is 2.45 bits per heavy atom. The second-order valence-corrected chi connectivity index (χ2v) is 5.93. The summed E-state index contributed by atoms with van der Waals surface area (Å²) in [6.07, 6.45) is -1.21. The van der Waals surface area contributed by atoms with E-state index in [1.54, 1.807) is 48.8 Å². The largest absolute Gasteiger partial charge is 0.457 e. The van der Waals surface area contributed by atoms with Crippen molar-refractivity contribution < 1.29 is 22.3 Å². The number of anilines is 2. The van der Waals surface area contributed by atoms with Crippen LogP contribution in [0.15, 0.2) is 77.5 Å². The van der Waals surface area contributed by atoms with E-state index in [0.29, 0.717) is 17.1 Å². The van der Waals surface area contributed by atoms with Crippen LogP contribution in [0.4, 0.5) is 24.9 Å². The van der Waals surface area contributed by atoms with Crippen molar-refractivity contribution in [3.05, 3.63) is 78.6 Å². The number of ether oxygens (including phenoxy) is 1. The van der Waals surface area contributed by atoms with Gasteiger partial charge in [0.2, 0.25) is 5.89 Å². The van der Waals surface area contributed by atoms with E-state index < -0.39 is 11.7 Å². The summed E-state index contributed by atoms with van der Waals surface area (Å²) in [6.45, 7) is 0. The monoisotopic (exact) mass is 398 g/mol. The molecule has 2 aromatic heterocycles. The zero-order chi connectivity index (χ0) is 20.3. The number of halogens is 3. The van der Waals surface area contributed by atoms with Crippen molar-refractivity contribution in [3.63, 3.8) is 0 Å². The molecule has 2 heterocycles. The van der Waals surface area contributed by atoms with E-state index in [0.717, 1.165) is 12.1 Å². The average molecular weight is 398 g/mol. The first-order chi connectivity index (χ1) is 14.0. The molecule has 4 aromatic rings. The van der Waals surface area contributed by atoms with Gasteiger partial charge in [-0.05, 0) is 48.5 Å². The number of benzene rings is 2. The summed E-state index contributed by atoms with van der Waals surface area (Å²) in [6, 6.07) is 15.1. The Morgan fingerprint density at radius 2 is 1.66 bits per heavy atom. The van der Waals surface area contributed by atoms with Gasteiger partial charge in [0.15, 0.2) is 0 Å². The Labute approximate surface area is 163 Å². The molecule has 0 bridgehead atoms. The Bertz CT molecular complexity index is 1110. The van der Waals surface area contributed by atoms with Crippen LogP contribution in [0.1, 0.15) is 5.56 Å². The number of aromatic nitrogens is 3. The minimum atomic E-state index is -4.44. The van der Waals surface area contributed by atoms with Crippen molar-refractivity contribution in [2.45, 2.75) is 6.18 Å². The SMILES string of the molecule is FC(F)(F)c1cccc(Nc2nnc(-c3cccc(Oc4ccncc4)c3)o2)c1. The molecule has 6 nitrogen and oxygen atoms in total. The lowest BCUT2D eigenvalue weighted by Gasteiger charge is -2.08. The van der Waals surface area contributed by atoms with Crippen LogP contribution in [0.25, 0.3) is 11.5 Å². The van der Waals surface area contributed by atoms with Gasteiger partial charge in [0.25, 0.3) is 0 Å². The topological polar surface area (TPSA) is 73.1 Å². The molecule has 0 atom stereocenters. The molecule has 0 aliphatic carbocycles. The maximum Gasteiger partial charge on any atom is 0.416 e. The molecule has 9 heteroatoms. The van der Waals surface area contributed by atoms with Gasteiger partial charge in [-0.25, -0.2) is 0 Å². The lowest BCUT2D eigenvalue weighted by atomic mass is 10.2. The van der Waals surface area contributed by atoms with E-state index in [2.05, 4.69) is 20.5 Å². The highest BCUT2D eigenvalue weighted by atomic mass is 19.4. The molecule has 0 saturated carbocycles. The quantitative estimate of drug-likeness (QED) is 0.466. The second-order valence-electron chi connectivity index (χ2n) is 5.93. The van der Waals surface area contributed by atoms with Crippen molar-refractivity contribution in [1.82, 2.24) is 15.2 Å². The summed E-state index contributed by atoms with van der Waals surface area (Å²) >= 11 is 0. The Hall–Kier alpha value is -3.88. The van der Waals surface area contributed by atoms with Gasteiger partial charge in [0.05, 0.1) is 5.56 Å². The van der Waals surface area contributed by atoms with E-state index in [4.69, 9.17) is 9.15 Å². The third-order valence-corrected chi connectivity index (χ3v) is 3.83. The number of hydrogen-bond donors (Lipinski definition) is 1. The molecule has 0 aliphatic rings. The number of nitrogens with zero attached hydrogens (tertiary/aromatic N) is 3. The zero-order valence-electron chi connectivity index (χ0n) is 14.7. The first kappa shape index (κ1) is 18.5. The number of rotatable bonds is 5. The van der Waals surface area contributed by atoms with Crippen molar-refractivity contribution >= 4 is 11.7 Å². The number of alkyl halides is 3. The summed E-state index contributed by atoms with van der Waals surface area (Å²) in [5.41, 5.74) is 0.00847. The van der Waals surface area contributed by atoms with Crippen LogP contribution < -0.4 is 10.1 Å². The van der Waals surface area contributed by atoms with E-state index in [1.165, 1.54) is 12.1 Å². The van der Waals surface area contributed by atoms with Gasteiger partial charge in [-0.15, -0.1) is 5.10 Å². The third-order valence-electron chi connectivity index (χ3n) is 3.83. The van der Waals surface area contributed by atoms with Crippen LogP contribution in [-0.4, -0.2) is 15.2 Å². The molecule has 1 N–H and O–H groups in total. The molecule has 29 heavy (non-hydrogen) atoms. The maximum atomic E-state index is 12.8. The van der Waals surface area contributed by atoms with E-state index in [-0.39, 0.29) is 17.6 Å². The number of nitrogens with one attached hydrogen (secondary N) is 1. The van der Waals surface area contributed by atoms with Crippen molar-refractivity contribution in [2.24, 2.45) is 0 Å². The molecular weight excluding hydrogens is 385 g/mol. The Balaban J connectivity index is 1.52. The van der Waals surface area contributed by atoms with Crippen LogP contribution >= 0.6 is 0 Å². The van der Waals surface area contributed by atoms with Gasteiger partial charge in [0.1, 0.15) is 11.5 Å². The zero-order valence-corrected chi connectivity index (χ0v) is 14.7. The maximum absolute atomic E-state index is 12.8. The molecule has 0 radical (unpaired) electrons. The fourth-order valence-electron chi connectivity index (χ4n) is 2.52. The molecule has 0 unspecified atom stereocenters. The minimum absolute atomic E-state index is 0.0280. The summed E-state index contributed by atoms with van der Waals surface area (Å²) in [5, 5.41) is 10.5. The van der Waals surface area contributed by atoms with Crippen LogP contribution in [0, 0.1) is 0 Å². The molecular formula is C20H13F3N4O2. The van der Waals surface area contributed by atoms with Crippen molar-refractivity contribution in [1.29, 1.82) is 0 Å². The summed E-state index contributed by atoms with van der Waals surface area (Å²) in [7, 11) is 0. The predicted molar refractivity (Wildman–Crippen MR) is 98.8 cm³/mol. The summed E-state index contributed by atoms with van der Waals surface area (Å²) in [4.78, 5) is 3.93. The molecule has 0 aliphatic heterocycles. The van der Waals surface area contributed by atoms with Gasteiger partial charge >= 0.3 is 12.2 Å². The lowest BCUT2D eigenvalue weighted by molar-refractivity contribution is -0.137. The smallest absolute Gasteiger partial charge is 0.416 e. The second kappa shape index (κ2) is 7.63. The Kier molecular flexibility index (Phi) is 4.86. The van der Waals surface area contributed by atoms with E-state index >= 15 is 0 Å². The van der Waals surface area contributed by atoms with Gasteiger partial charge < -0.3 is 14.5 Å². The number of pyridine rings is 1. The molecule has 0 saturated heterocycles. The predicted octanol–water partition coefficient (Wildman–Crippen LogP) is 5.69. The summed E-state index contributed by atoms with van der Waals surface area (Å²) < 4.78 is 49.8. The van der Waals surface area contributed by atoms with Gasteiger partial charge in [0, 0.05) is 23.6 Å². The minimum Gasteiger partial charge on any atom is -0.457 e.